The van der Waals surface area contributed by atoms with Gasteiger partial charge in [0.25, 0.3) is 0 Å². The smallest absolute Gasteiger partial charge is 0.328 e. The Morgan fingerprint density at radius 2 is 1.89 bits per heavy atom. The van der Waals surface area contributed by atoms with Gasteiger partial charge in [0.2, 0.25) is 0 Å². The fraction of sp³-hybridized carbons (Fsp3) is 0.435. The van der Waals surface area contributed by atoms with E-state index in [2.05, 4.69) is 36.8 Å². The van der Waals surface area contributed by atoms with Crippen LogP contribution in [0.2, 0.25) is 0 Å². The van der Waals surface area contributed by atoms with Crippen LogP contribution in [0.25, 0.3) is 17.5 Å². The molecule has 0 spiro atoms. The Kier molecular flexibility index (Phi) is 8.18. The van der Waals surface area contributed by atoms with Crippen molar-refractivity contribution in [3.63, 3.8) is 0 Å². The van der Waals surface area contributed by atoms with E-state index in [0.717, 1.165) is 36.0 Å². The molecule has 4 nitrogen and oxygen atoms in total. The SMILES string of the molecule is CCCCCc1cnc(-c2ccc(/C=C/C(=O)O)c(C(C)CCC)c2)nc1. The molecule has 2 aromatic rings. The molecule has 0 aliphatic rings. The molecule has 27 heavy (non-hydrogen) atoms. The van der Waals surface area contributed by atoms with Crippen LogP contribution in [0.1, 0.15) is 75.5 Å². The molecule has 0 aliphatic heterocycles. The molecule has 0 radical (unpaired) electrons. The lowest BCUT2D eigenvalue weighted by atomic mass is 9.90. The number of carbonyl (C=O) groups is 1. The number of unbranched alkanes of at least 4 members (excludes halogenated alkanes) is 2. The van der Waals surface area contributed by atoms with Crippen LogP contribution in [0, 0.1) is 0 Å². The first-order chi connectivity index (χ1) is 13.0. The Morgan fingerprint density at radius 1 is 1.15 bits per heavy atom. The maximum absolute atomic E-state index is 10.9. The molecule has 1 atom stereocenters. The number of benzene rings is 1. The van der Waals surface area contributed by atoms with Gasteiger partial charge in [-0.3, -0.25) is 0 Å². The molecule has 1 aromatic heterocycles. The van der Waals surface area contributed by atoms with Gasteiger partial charge in [-0.15, -0.1) is 0 Å². The highest BCUT2D eigenvalue weighted by molar-refractivity contribution is 5.85. The predicted molar refractivity (Wildman–Crippen MR) is 111 cm³/mol. The number of nitrogens with zero attached hydrogens (tertiary/aromatic N) is 2. The molecular weight excluding hydrogens is 336 g/mol. The van der Waals surface area contributed by atoms with E-state index in [1.807, 2.05) is 24.5 Å². The number of carboxylic acid groups (broad SMARTS) is 1. The Balaban J connectivity index is 2.28. The van der Waals surface area contributed by atoms with Crippen LogP contribution in [-0.2, 0) is 11.2 Å². The van der Waals surface area contributed by atoms with Crippen molar-refractivity contribution in [1.82, 2.24) is 9.97 Å². The van der Waals surface area contributed by atoms with Crippen LogP contribution in [-0.4, -0.2) is 21.0 Å². The third-order valence-electron chi connectivity index (χ3n) is 4.78. The van der Waals surface area contributed by atoms with E-state index in [0.29, 0.717) is 11.7 Å². The topological polar surface area (TPSA) is 63.1 Å². The zero-order valence-electron chi connectivity index (χ0n) is 16.6. The highest BCUT2D eigenvalue weighted by atomic mass is 16.4. The Hall–Kier alpha value is -2.49. The van der Waals surface area contributed by atoms with E-state index in [1.54, 1.807) is 6.08 Å². The molecule has 0 aliphatic carbocycles. The summed E-state index contributed by atoms with van der Waals surface area (Å²) in [5.74, 6) is 0.125. The van der Waals surface area contributed by atoms with Crippen molar-refractivity contribution in [2.45, 2.75) is 65.2 Å². The monoisotopic (exact) mass is 366 g/mol. The second kappa shape index (κ2) is 10.6. The summed E-state index contributed by atoms with van der Waals surface area (Å²) in [4.78, 5) is 20.0. The maximum Gasteiger partial charge on any atom is 0.328 e. The first-order valence-corrected chi connectivity index (χ1v) is 9.91. The van der Waals surface area contributed by atoms with Crippen molar-refractivity contribution < 1.29 is 9.90 Å². The molecule has 0 fully saturated rings. The number of rotatable bonds is 10. The molecule has 144 valence electrons. The lowest BCUT2D eigenvalue weighted by Gasteiger charge is -2.15. The minimum atomic E-state index is -0.935. The molecule has 4 heteroatoms. The molecule has 0 amide bonds. The standard InChI is InChI=1S/C23H30N2O2/c1-4-6-7-9-18-15-24-23(25-16-18)20-11-10-19(12-13-22(26)27)21(14-20)17(3)8-5-2/h10-17H,4-9H2,1-3H3,(H,26,27)/b13-12+. The average molecular weight is 367 g/mol. The fourth-order valence-corrected chi connectivity index (χ4v) is 3.25. The van der Waals surface area contributed by atoms with E-state index < -0.39 is 5.97 Å². The van der Waals surface area contributed by atoms with Crippen LogP contribution in [0.4, 0.5) is 0 Å². The number of carboxylic acids is 1. The van der Waals surface area contributed by atoms with Gasteiger partial charge in [-0.25, -0.2) is 14.8 Å². The number of aromatic nitrogens is 2. The minimum absolute atomic E-state index is 0.344. The quantitative estimate of drug-likeness (QED) is 0.421. The van der Waals surface area contributed by atoms with E-state index in [-0.39, 0.29) is 0 Å². The first kappa shape index (κ1) is 20.8. The highest BCUT2D eigenvalue weighted by Gasteiger charge is 2.12. The summed E-state index contributed by atoms with van der Waals surface area (Å²) in [6, 6.07) is 6.04. The van der Waals surface area contributed by atoms with Crippen molar-refractivity contribution >= 4 is 12.0 Å². The van der Waals surface area contributed by atoms with Crippen LogP contribution < -0.4 is 0 Å². The third kappa shape index (κ3) is 6.31. The van der Waals surface area contributed by atoms with Gasteiger partial charge in [-0.2, -0.15) is 0 Å². The van der Waals surface area contributed by atoms with Crippen LogP contribution in [0.3, 0.4) is 0 Å². The summed E-state index contributed by atoms with van der Waals surface area (Å²) in [5, 5.41) is 8.94. The zero-order chi connectivity index (χ0) is 19.6. The lowest BCUT2D eigenvalue weighted by Crippen LogP contribution is -1.99. The number of aryl methyl sites for hydroxylation is 1. The van der Waals surface area contributed by atoms with Crippen molar-refractivity contribution in [1.29, 1.82) is 0 Å². The predicted octanol–water partition coefficient (Wildman–Crippen LogP) is 5.88. The van der Waals surface area contributed by atoms with Crippen molar-refractivity contribution in [3.05, 3.63) is 53.4 Å². The number of aliphatic carboxylic acids is 1. The molecule has 1 aromatic carbocycles. The Bertz CT molecular complexity index is 766. The Labute approximate surface area is 162 Å². The molecule has 1 heterocycles. The third-order valence-corrected chi connectivity index (χ3v) is 4.78. The van der Waals surface area contributed by atoms with Gasteiger partial charge in [-0.05, 0) is 54.0 Å². The maximum atomic E-state index is 10.9. The van der Waals surface area contributed by atoms with Crippen LogP contribution in [0.5, 0.6) is 0 Å². The second-order valence-corrected chi connectivity index (χ2v) is 7.08. The molecule has 0 bridgehead atoms. The zero-order valence-corrected chi connectivity index (χ0v) is 16.6. The normalized spacial score (nSPS) is 12.4. The van der Waals surface area contributed by atoms with Crippen LogP contribution in [0.15, 0.2) is 36.7 Å². The number of hydrogen-bond donors (Lipinski definition) is 1. The van der Waals surface area contributed by atoms with Gasteiger partial charge in [-0.1, -0.05) is 52.2 Å². The second-order valence-electron chi connectivity index (χ2n) is 7.08. The highest BCUT2D eigenvalue weighted by Crippen LogP contribution is 2.29. The Morgan fingerprint density at radius 3 is 2.52 bits per heavy atom. The van der Waals surface area contributed by atoms with Crippen LogP contribution >= 0.6 is 0 Å². The molecule has 2 rings (SSSR count). The summed E-state index contributed by atoms with van der Waals surface area (Å²) in [6.07, 6.45) is 13.5. The largest absolute Gasteiger partial charge is 0.478 e. The fourth-order valence-electron chi connectivity index (χ4n) is 3.25. The summed E-state index contributed by atoms with van der Waals surface area (Å²) in [6.45, 7) is 6.54. The number of hydrogen-bond acceptors (Lipinski definition) is 3. The lowest BCUT2D eigenvalue weighted by molar-refractivity contribution is -0.131. The van der Waals surface area contributed by atoms with Gasteiger partial charge >= 0.3 is 5.97 Å². The molecule has 1 unspecified atom stereocenters. The van der Waals surface area contributed by atoms with Crippen molar-refractivity contribution in [3.8, 4) is 11.4 Å². The van der Waals surface area contributed by atoms with Crippen molar-refractivity contribution in [2.75, 3.05) is 0 Å². The van der Waals surface area contributed by atoms with Gasteiger partial charge in [0.05, 0.1) is 0 Å². The average Bonchev–Trinajstić information content (AvgIpc) is 2.67. The summed E-state index contributed by atoms with van der Waals surface area (Å²) < 4.78 is 0. The van der Waals surface area contributed by atoms with Gasteiger partial charge in [0.15, 0.2) is 5.82 Å². The van der Waals surface area contributed by atoms with E-state index in [9.17, 15) is 4.79 Å². The summed E-state index contributed by atoms with van der Waals surface area (Å²) >= 11 is 0. The van der Waals surface area contributed by atoms with E-state index >= 15 is 0 Å². The van der Waals surface area contributed by atoms with Crippen molar-refractivity contribution in [2.24, 2.45) is 0 Å². The van der Waals surface area contributed by atoms with Gasteiger partial charge in [0, 0.05) is 24.0 Å². The van der Waals surface area contributed by atoms with Gasteiger partial charge in [0.1, 0.15) is 0 Å². The minimum Gasteiger partial charge on any atom is -0.478 e. The summed E-state index contributed by atoms with van der Waals surface area (Å²) in [5.41, 5.74) is 4.23. The molecule has 0 saturated carbocycles. The molecule has 0 saturated heterocycles. The van der Waals surface area contributed by atoms with E-state index in [1.165, 1.54) is 30.9 Å². The molecular formula is C23H30N2O2. The molecule has 1 N–H and O–H groups in total. The first-order valence-electron chi connectivity index (χ1n) is 9.91. The summed E-state index contributed by atoms with van der Waals surface area (Å²) in [7, 11) is 0. The van der Waals surface area contributed by atoms with E-state index in [4.69, 9.17) is 5.11 Å². The van der Waals surface area contributed by atoms with Gasteiger partial charge < -0.3 is 5.11 Å².